The molecule has 26 heavy (non-hydrogen) atoms. The van der Waals surface area contributed by atoms with Gasteiger partial charge in [0.05, 0.1) is 22.2 Å². The lowest BCUT2D eigenvalue weighted by molar-refractivity contribution is -0.137. The molecule has 0 aliphatic heterocycles. The fourth-order valence-corrected chi connectivity index (χ4v) is 3.08. The lowest BCUT2D eigenvalue weighted by Gasteiger charge is -2.20. The Morgan fingerprint density at radius 1 is 1.35 bits per heavy atom. The summed E-state index contributed by atoms with van der Waals surface area (Å²) in [5.41, 5.74) is 2.81. The molecule has 0 unspecified atom stereocenters. The molecule has 3 rings (SSSR count). The zero-order valence-electron chi connectivity index (χ0n) is 15.8. The predicted molar refractivity (Wildman–Crippen MR) is 98.4 cm³/mol. The molecule has 2 aromatic heterocycles. The highest BCUT2D eigenvalue weighted by Crippen LogP contribution is 2.40. The number of carboxylic acid groups (broad SMARTS) is 1. The van der Waals surface area contributed by atoms with E-state index in [1.165, 1.54) is 0 Å². The summed E-state index contributed by atoms with van der Waals surface area (Å²) in [6, 6.07) is 1.88. The van der Waals surface area contributed by atoms with Gasteiger partial charge in [-0.25, -0.2) is 9.67 Å². The predicted octanol–water partition coefficient (Wildman–Crippen LogP) is 2.97. The molecule has 1 fully saturated rings. The van der Waals surface area contributed by atoms with Crippen molar-refractivity contribution in [2.24, 2.45) is 0 Å². The van der Waals surface area contributed by atoms with Gasteiger partial charge < -0.3 is 10.4 Å². The smallest absolute Gasteiger partial charge is 0.303 e. The number of rotatable bonds is 6. The van der Waals surface area contributed by atoms with Crippen molar-refractivity contribution >= 4 is 22.9 Å². The van der Waals surface area contributed by atoms with Crippen LogP contribution < -0.4 is 5.32 Å². The molecule has 0 saturated heterocycles. The Morgan fingerprint density at radius 3 is 2.62 bits per heavy atom. The molecule has 0 spiro atoms. The van der Waals surface area contributed by atoms with Crippen LogP contribution in [0.15, 0.2) is 6.07 Å². The van der Waals surface area contributed by atoms with Crippen LogP contribution in [0.4, 0.5) is 0 Å². The molecule has 7 heteroatoms. The zero-order valence-corrected chi connectivity index (χ0v) is 15.8. The second-order valence-corrected chi connectivity index (χ2v) is 7.99. The first-order valence-corrected chi connectivity index (χ1v) is 9.09. The molecule has 1 amide bonds. The van der Waals surface area contributed by atoms with Crippen molar-refractivity contribution in [2.75, 3.05) is 6.54 Å². The van der Waals surface area contributed by atoms with E-state index >= 15 is 0 Å². The summed E-state index contributed by atoms with van der Waals surface area (Å²) in [6.45, 7) is 8.42. The number of aliphatic carboxylic acids is 1. The lowest BCUT2D eigenvalue weighted by atomic mass is 10.1. The molecule has 2 aromatic rings. The third-order valence-corrected chi connectivity index (χ3v) is 4.56. The van der Waals surface area contributed by atoms with Gasteiger partial charge >= 0.3 is 5.97 Å². The number of hydrogen-bond acceptors (Lipinski definition) is 4. The molecule has 0 aromatic carbocycles. The minimum atomic E-state index is -0.858. The average molecular weight is 358 g/mol. The summed E-state index contributed by atoms with van der Waals surface area (Å²) in [6.07, 6.45) is 2.65. The number of amides is 1. The monoisotopic (exact) mass is 358 g/mol. The Bertz CT molecular complexity index is 860. The first-order valence-electron chi connectivity index (χ1n) is 9.09. The molecule has 0 radical (unpaired) electrons. The van der Waals surface area contributed by atoms with E-state index in [0.29, 0.717) is 24.4 Å². The highest BCUT2D eigenvalue weighted by molar-refractivity contribution is 6.06. The highest BCUT2D eigenvalue weighted by Gasteiger charge is 2.30. The minimum Gasteiger partial charge on any atom is -0.481 e. The van der Waals surface area contributed by atoms with E-state index in [9.17, 15) is 9.59 Å². The number of carbonyl (C=O) groups is 2. The second-order valence-electron chi connectivity index (χ2n) is 7.99. The summed E-state index contributed by atoms with van der Waals surface area (Å²) >= 11 is 0. The molecule has 1 saturated carbocycles. The number of hydrogen-bond donors (Lipinski definition) is 2. The van der Waals surface area contributed by atoms with E-state index < -0.39 is 5.97 Å². The number of nitrogens with one attached hydrogen (secondary N) is 1. The Hall–Kier alpha value is -2.44. The molecule has 2 heterocycles. The van der Waals surface area contributed by atoms with Gasteiger partial charge in [0.15, 0.2) is 5.65 Å². The van der Waals surface area contributed by atoms with Crippen molar-refractivity contribution in [1.29, 1.82) is 0 Å². The minimum absolute atomic E-state index is 0.0420. The van der Waals surface area contributed by atoms with Crippen molar-refractivity contribution in [3.63, 3.8) is 0 Å². The van der Waals surface area contributed by atoms with Crippen molar-refractivity contribution in [2.45, 2.75) is 64.8 Å². The van der Waals surface area contributed by atoms with Crippen molar-refractivity contribution in [1.82, 2.24) is 20.1 Å². The van der Waals surface area contributed by atoms with Crippen LogP contribution in [0.5, 0.6) is 0 Å². The number of fused-ring (bicyclic) bond motifs is 1. The van der Waals surface area contributed by atoms with Crippen LogP contribution in [0.3, 0.4) is 0 Å². The van der Waals surface area contributed by atoms with Crippen LogP contribution in [0.2, 0.25) is 0 Å². The molecule has 1 aliphatic carbocycles. The highest BCUT2D eigenvalue weighted by atomic mass is 16.4. The number of aryl methyl sites for hydroxylation is 1. The quantitative estimate of drug-likeness (QED) is 0.774. The van der Waals surface area contributed by atoms with E-state index in [0.717, 1.165) is 35.3 Å². The van der Waals surface area contributed by atoms with Crippen molar-refractivity contribution < 1.29 is 14.7 Å². The summed E-state index contributed by atoms with van der Waals surface area (Å²) in [5.74, 6) is -0.633. The van der Waals surface area contributed by atoms with Gasteiger partial charge in [0.1, 0.15) is 0 Å². The summed E-state index contributed by atoms with van der Waals surface area (Å²) in [7, 11) is 0. The van der Waals surface area contributed by atoms with E-state index in [-0.39, 0.29) is 17.9 Å². The van der Waals surface area contributed by atoms with Crippen LogP contribution >= 0.6 is 0 Å². The fraction of sp³-hybridized carbons (Fsp3) is 0.579. The third-order valence-electron chi connectivity index (χ3n) is 4.56. The molecule has 0 atom stereocenters. The Kier molecular flexibility index (Phi) is 4.73. The van der Waals surface area contributed by atoms with Gasteiger partial charge in [0.25, 0.3) is 5.91 Å². The maximum absolute atomic E-state index is 12.8. The van der Waals surface area contributed by atoms with Gasteiger partial charge in [-0.05, 0) is 53.0 Å². The number of aromatic nitrogens is 3. The maximum Gasteiger partial charge on any atom is 0.303 e. The Labute approximate surface area is 152 Å². The first kappa shape index (κ1) is 18.4. The SMILES string of the molecule is Cc1nn(C(C)(C)C)c2nc(C3CC3)cc(C(=O)NCCCC(=O)O)c12. The van der Waals surface area contributed by atoms with Crippen LogP contribution in [-0.4, -0.2) is 38.3 Å². The Morgan fingerprint density at radius 2 is 2.04 bits per heavy atom. The largest absolute Gasteiger partial charge is 0.481 e. The van der Waals surface area contributed by atoms with E-state index in [1.807, 2.05) is 17.7 Å². The van der Waals surface area contributed by atoms with Gasteiger partial charge in [-0.15, -0.1) is 0 Å². The molecule has 140 valence electrons. The van der Waals surface area contributed by atoms with Crippen LogP contribution in [-0.2, 0) is 10.3 Å². The summed E-state index contributed by atoms with van der Waals surface area (Å²) < 4.78 is 1.89. The van der Waals surface area contributed by atoms with Gasteiger partial charge in [-0.1, -0.05) is 0 Å². The number of carbonyl (C=O) groups excluding carboxylic acids is 1. The molecular weight excluding hydrogens is 332 g/mol. The number of pyridine rings is 1. The van der Waals surface area contributed by atoms with Crippen molar-refractivity contribution in [3.05, 3.63) is 23.0 Å². The maximum atomic E-state index is 12.8. The molecule has 2 N–H and O–H groups in total. The zero-order chi connectivity index (χ0) is 19.1. The average Bonchev–Trinajstić information content (AvgIpc) is 3.34. The summed E-state index contributed by atoms with van der Waals surface area (Å²) in [5, 5.41) is 17.0. The van der Waals surface area contributed by atoms with E-state index in [2.05, 4.69) is 31.2 Å². The second kappa shape index (κ2) is 6.70. The third kappa shape index (κ3) is 3.71. The standard InChI is InChI=1S/C19H26N4O3/c1-11-16-13(18(26)20-9-5-6-15(24)25)10-14(12-7-8-12)21-17(16)23(22-11)19(2,3)4/h10,12H,5-9H2,1-4H3,(H,20,26)(H,24,25). The van der Waals surface area contributed by atoms with Crippen LogP contribution in [0, 0.1) is 6.92 Å². The topological polar surface area (TPSA) is 97.1 Å². The van der Waals surface area contributed by atoms with Gasteiger partial charge in [-0.2, -0.15) is 5.10 Å². The van der Waals surface area contributed by atoms with Gasteiger partial charge in [0.2, 0.25) is 0 Å². The van der Waals surface area contributed by atoms with E-state index in [4.69, 9.17) is 10.1 Å². The molecule has 1 aliphatic rings. The van der Waals surface area contributed by atoms with Crippen LogP contribution in [0.25, 0.3) is 11.0 Å². The van der Waals surface area contributed by atoms with E-state index in [1.54, 1.807) is 0 Å². The molecule has 7 nitrogen and oxygen atoms in total. The fourth-order valence-electron chi connectivity index (χ4n) is 3.08. The van der Waals surface area contributed by atoms with Crippen molar-refractivity contribution in [3.8, 4) is 0 Å². The molecule has 0 bridgehead atoms. The number of nitrogens with zero attached hydrogens (tertiary/aromatic N) is 3. The molecular formula is C19H26N4O3. The number of carboxylic acids is 1. The van der Waals surface area contributed by atoms with Gasteiger partial charge in [-0.3, -0.25) is 9.59 Å². The lowest BCUT2D eigenvalue weighted by Crippen LogP contribution is -2.26. The summed E-state index contributed by atoms with van der Waals surface area (Å²) in [4.78, 5) is 28.2. The first-order chi connectivity index (χ1) is 12.2. The normalized spacial score (nSPS) is 14.6. The van der Waals surface area contributed by atoms with Crippen LogP contribution in [0.1, 0.15) is 74.1 Å². The van der Waals surface area contributed by atoms with Gasteiger partial charge in [0, 0.05) is 24.6 Å². The Balaban J connectivity index is 1.99.